The van der Waals surface area contributed by atoms with Gasteiger partial charge in [0, 0.05) is 10.2 Å². The van der Waals surface area contributed by atoms with Crippen molar-refractivity contribution in [2.24, 2.45) is 0 Å². The first-order chi connectivity index (χ1) is 8.69. The lowest BCUT2D eigenvalue weighted by Gasteiger charge is -2.11. The second kappa shape index (κ2) is 5.91. The van der Waals surface area contributed by atoms with E-state index in [1.165, 1.54) is 5.56 Å². The van der Waals surface area contributed by atoms with Gasteiger partial charge in [-0.05, 0) is 47.9 Å². The second-order valence-corrected chi connectivity index (χ2v) is 5.05. The Balaban J connectivity index is 2.08. The fraction of sp³-hybridized carbons (Fsp3) is 0.200. The maximum atomic E-state index is 5.85. The fourth-order valence-corrected chi connectivity index (χ4v) is 2.15. The van der Waals surface area contributed by atoms with Gasteiger partial charge in [-0.15, -0.1) is 0 Å². The second-order valence-electron chi connectivity index (χ2n) is 4.14. The van der Waals surface area contributed by atoms with Crippen molar-refractivity contribution in [2.45, 2.75) is 20.0 Å². The fourth-order valence-electron chi connectivity index (χ4n) is 1.74. The van der Waals surface area contributed by atoms with Gasteiger partial charge in [0.15, 0.2) is 0 Å². The lowest BCUT2D eigenvalue weighted by molar-refractivity contribution is 0.303. The van der Waals surface area contributed by atoms with Crippen LogP contribution in [0.4, 0.5) is 5.69 Å². The van der Waals surface area contributed by atoms with Crippen molar-refractivity contribution in [1.82, 2.24) is 0 Å². The number of hydrogen-bond acceptors (Lipinski definition) is 2. The maximum Gasteiger partial charge on any atom is 0.123 e. The zero-order valence-corrected chi connectivity index (χ0v) is 11.9. The molecule has 0 radical (unpaired) electrons. The number of rotatable bonds is 4. The topological polar surface area (TPSA) is 35.2 Å². The van der Waals surface area contributed by atoms with Gasteiger partial charge >= 0.3 is 0 Å². The van der Waals surface area contributed by atoms with Crippen LogP contribution in [0.2, 0.25) is 0 Å². The van der Waals surface area contributed by atoms with Crippen molar-refractivity contribution in [1.29, 1.82) is 0 Å². The van der Waals surface area contributed by atoms with Crippen LogP contribution in [0.3, 0.4) is 0 Å². The van der Waals surface area contributed by atoms with Crippen LogP contribution >= 0.6 is 15.9 Å². The first-order valence-corrected chi connectivity index (χ1v) is 6.74. The van der Waals surface area contributed by atoms with Crippen LogP contribution in [-0.4, -0.2) is 0 Å². The summed E-state index contributed by atoms with van der Waals surface area (Å²) in [6, 6.07) is 13.8. The highest BCUT2D eigenvalue weighted by Crippen LogP contribution is 2.24. The summed E-state index contributed by atoms with van der Waals surface area (Å²) in [5.41, 5.74) is 8.75. The lowest BCUT2D eigenvalue weighted by atomic mass is 10.1. The molecule has 94 valence electrons. The first kappa shape index (κ1) is 13.0. The van der Waals surface area contributed by atoms with Crippen molar-refractivity contribution < 1.29 is 4.74 Å². The van der Waals surface area contributed by atoms with Crippen molar-refractivity contribution in [3.8, 4) is 5.75 Å². The normalized spacial score (nSPS) is 10.3. The number of nitrogen functional groups attached to an aromatic ring is 1. The van der Waals surface area contributed by atoms with Crippen LogP contribution in [0.15, 0.2) is 46.9 Å². The molecular weight excluding hydrogens is 290 g/mol. The van der Waals surface area contributed by atoms with Gasteiger partial charge < -0.3 is 10.5 Å². The standard InChI is InChI=1S/C15H16BrNO/c1-2-12-9-13(16)5-8-15(12)18-10-11-3-6-14(17)7-4-11/h3-9H,2,10,17H2,1H3. The molecular formula is C15H16BrNO. The number of aryl methyl sites for hydroxylation is 1. The Kier molecular flexibility index (Phi) is 4.26. The third-order valence-electron chi connectivity index (χ3n) is 2.78. The molecule has 2 rings (SSSR count). The van der Waals surface area contributed by atoms with E-state index < -0.39 is 0 Å². The van der Waals surface area contributed by atoms with E-state index in [1.807, 2.05) is 36.4 Å². The van der Waals surface area contributed by atoms with Crippen molar-refractivity contribution in [2.75, 3.05) is 5.73 Å². The van der Waals surface area contributed by atoms with Crippen molar-refractivity contribution >= 4 is 21.6 Å². The number of ether oxygens (including phenoxy) is 1. The molecule has 0 saturated carbocycles. The van der Waals surface area contributed by atoms with Gasteiger partial charge in [-0.25, -0.2) is 0 Å². The van der Waals surface area contributed by atoms with Crippen LogP contribution in [0.1, 0.15) is 18.1 Å². The van der Waals surface area contributed by atoms with E-state index in [2.05, 4.69) is 28.9 Å². The third kappa shape index (κ3) is 3.26. The average Bonchev–Trinajstić information content (AvgIpc) is 2.39. The molecule has 18 heavy (non-hydrogen) atoms. The number of halogens is 1. The zero-order valence-electron chi connectivity index (χ0n) is 10.3. The largest absolute Gasteiger partial charge is 0.489 e. The quantitative estimate of drug-likeness (QED) is 0.860. The number of anilines is 1. The smallest absolute Gasteiger partial charge is 0.123 e. The molecule has 2 aromatic carbocycles. The predicted molar refractivity (Wildman–Crippen MR) is 78.7 cm³/mol. The SMILES string of the molecule is CCc1cc(Br)ccc1OCc1ccc(N)cc1. The maximum absolute atomic E-state index is 5.85. The van der Waals surface area contributed by atoms with E-state index in [1.54, 1.807) is 0 Å². The predicted octanol–water partition coefficient (Wildman–Crippen LogP) is 4.17. The molecule has 3 heteroatoms. The number of hydrogen-bond donors (Lipinski definition) is 1. The van der Waals surface area contributed by atoms with Gasteiger partial charge in [-0.3, -0.25) is 0 Å². The summed E-state index contributed by atoms with van der Waals surface area (Å²) in [6.07, 6.45) is 0.955. The third-order valence-corrected chi connectivity index (χ3v) is 3.27. The summed E-state index contributed by atoms with van der Waals surface area (Å²) in [6.45, 7) is 2.69. The number of benzene rings is 2. The average molecular weight is 306 g/mol. The van der Waals surface area contributed by atoms with Gasteiger partial charge in [0.2, 0.25) is 0 Å². The molecule has 2 aromatic rings. The Hall–Kier alpha value is -1.48. The van der Waals surface area contributed by atoms with Gasteiger partial charge in [-0.2, -0.15) is 0 Å². The molecule has 0 aliphatic rings. The molecule has 0 fully saturated rings. The van der Waals surface area contributed by atoms with Crippen molar-refractivity contribution in [3.05, 3.63) is 58.1 Å². The summed E-state index contributed by atoms with van der Waals surface area (Å²) in [7, 11) is 0. The Morgan fingerprint density at radius 2 is 1.83 bits per heavy atom. The molecule has 0 aromatic heterocycles. The molecule has 0 heterocycles. The minimum Gasteiger partial charge on any atom is -0.489 e. The molecule has 0 aliphatic heterocycles. The molecule has 0 spiro atoms. The minimum atomic E-state index is 0.564. The van der Waals surface area contributed by atoms with Gasteiger partial charge in [0.05, 0.1) is 0 Å². The van der Waals surface area contributed by atoms with Crippen LogP contribution in [-0.2, 0) is 13.0 Å². The molecule has 0 saturated heterocycles. The molecule has 0 bridgehead atoms. The Morgan fingerprint density at radius 3 is 2.50 bits per heavy atom. The summed E-state index contributed by atoms with van der Waals surface area (Å²) in [4.78, 5) is 0. The monoisotopic (exact) mass is 305 g/mol. The van der Waals surface area contributed by atoms with Crippen LogP contribution in [0, 0.1) is 0 Å². The van der Waals surface area contributed by atoms with Gasteiger partial charge in [-0.1, -0.05) is 35.0 Å². The van der Waals surface area contributed by atoms with E-state index >= 15 is 0 Å². The van der Waals surface area contributed by atoms with Crippen molar-refractivity contribution in [3.63, 3.8) is 0 Å². The molecule has 0 unspecified atom stereocenters. The van der Waals surface area contributed by atoms with E-state index in [4.69, 9.17) is 10.5 Å². The summed E-state index contributed by atoms with van der Waals surface area (Å²) in [5, 5.41) is 0. The minimum absolute atomic E-state index is 0.564. The molecule has 0 amide bonds. The lowest BCUT2D eigenvalue weighted by Crippen LogP contribution is -1.98. The summed E-state index contributed by atoms with van der Waals surface area (Å²) >= 11 is 3.47. The highest BCUT2D eigenvalue weighted by Gasteiger charge is 2.03. The van der Waals surface area contributed by atoms with E-state index in [0.29, 0.717) is 6.61 Å². The molecule has 0 atom stereocenters. The van der Waals surface area contributed by atoms with E-state index in [0.717, 1.165) is 27.9 Å². The summed E-state index contributed by atoms with van der Waals surface area (Å²) in [5.74, 6) is 0.942. The first-order valence-electron chi connectivity index (χ1n) is 5.94. The highest BCUT2D eigenvalue weighted by molar-refractivity contribution is 9.10. The summed E-state index contributed by atoms with van der Waals surface area (Å²) < 4.78 is 6.93. The zero-order chi connectivity index (χ0) is 13.0. The Bertz CT molecular complexity index is 523. The van der Waals surface area contributed by atoms with Crippen LogP contribution in [0.5, 0.6) is 5.75 Å². The molecule has 2 nitrogen and oxygen atoms in total. The Labute approximate surface area is 116 Å². The van der Waals surface area contributed by atoms with Gasteiger partial charge in [0.25, 0.3) is 0 Å². The van der Waals surface area contributed by atoms with Crippen LogP contribution < -0.4 is 10.5 Å². The van der Waals surface area contributed by atoms with E-state index in [-0.39, 0.29) is 0 Å². The number of nitrogens with two attached hydrogens (primary N) is 1. The highest BCUT2D eigenvalue weighted by atomic mass is 79.9. The van der Waals surface area contributed by atoms with Crippen LogP contribution in [0.25, 0.3) is 0 Å². The Morgan fingerprint density at radius 1 is 1.11 bits per heavy atom. The molecule has 0 aliphatic carbocycles. The van der Waals surface area contributed by atoms with Gasteiger partial charge in [0.1, 0.15) is 12.4 Å². The molecule has 2 N–H and O–H groups in total. The van der Waals surface area contributed by atoms with E-state index in [9.17, 15) is 0 Å².